The van der Waals surface area contributed by atoms with Crippen molar-refractivity contribution in [1.82, 2.24) is 34.6 Å². The molecule has 0 amide bonds. The normalized spacial score (nSPS) is 16.4. The van der Waals surface area contributed by atoms with Crippen molar-refractivity contribution in [2.75, 3.05) is 31.1 Å². The zero-order valence-electron chi connectivity index (χ0n) is 14.5. The van der Waals surface area contributed by atoms with Gasteiger partial charge >= 0.3 is 12.1 Å². The van der Waals surface area contributed by atoms with E-state index in [0.717, 1.165) is 23.5 Å². The van der Waals surface area contributed by atoms with Crippen molar-refractivity contribution in [3.05, 3.63) is 24.4 Å². The van der Waals surface area contributed by atoms with Crippen LogP contribution in [0.5, 0.6) is 0 Å². The number of anilines is 1. The first-order valence-electron chi connectivity index (χ1n) is 8.48. The fourth-order valence-corrected chi connectivity index (χ4v) is 3.07. The summed E-state index contributed by atoms with van der Waals surface area (Å²) in [6.45, 7) is 5.54. The van der Waals surface area contributed by atoms with E-state index < -0.39 is 12.1 Å². The van der Waals surface area contributed by atoms with Gasteiger partial charge < -0.3 is 13.9 Å². The average Bonchev–Trinajstić information content (AvgIpc) is 3.28. The number of aryl methyl sites for hydroxylation is 1. The summed E-state index contributed by atoms with van der Waals surface area (Å²) in [6, 6.07) is 0. The van der Waals surface area contributed by atoms with Gasteiger partial charge in [0.2, 0.25) is 5.89 Å². The maximum absolute atomic E-state index is 12.5. The zero-order chi connectivity index (χ0) is 19.0. The molecule has 0 radical (unpaired) electrons. The maximum atomic E-state index is 12.5. The molecular formula is C15H17F3N8O. The number of nitrogens with zero attached hydrogens (tertiary/aromatic N) is 8. The van der Waals surface area contributed by atoms with E-state index >= 15 is 0 Å². The second kappa shape index (κ2) is 6.76. The Morgan fingerprint density at radius 3 is 2.52 bits per heavy atom. The molecule has 4 heterocycles. The summed E-state index contributed by atoms with van der Waals surface area (Å²) in [5.74, 6) is -0.586. The van der Waals surface area contributed by atoms with E-state index in [0.29, 0.717) is 26.2 Å². The van der Waals surface area contributed by atoms with Gasteiger partial charge in [-0.25, -0.2) is 15.0 Å². The van der Waals surface area contributed by atoms with Crippen molar-refractivity contribution < 1.29 is 17.6 Å². The van der Waals surface area contributed by atoms with Gasteiger partial charge in [0.1, 0.15) is 6.33 Å². The number of imidazole rings is 1. The molecule has 0 saturated carbocycles. The van der Waals surface area contributed by atoms with Crippen molar-refractivity contribution in [3.63, 3.8) is 0 Å². The first-order valence-corrected chi connectivity index (χ1v) is 8.48. The summed E-state index contributed by atoms with van der Waals surface area (Å²) in [7, 11) is 0. The van der Waals surface area contributed by atoms with E-state index in [2.05, 4.69) is 30.0 Å². The number of hydrogen-bond acceptors (Lipinski definition) is 8. The Hall–Kier alpha value is -2.76. The minimum Gasteiger partial charge on any atom is -0.416 e. The molecule has 3 aromatic heterocycles. The fraction of sp³-hybridized carbons (Fsp3) is 0.533. The lowest BCUT2D eigenvalue weighted by Crippen LogP contribution is -2.46. The van der Waals surface area contributed by atoms with Crippen LogP contribution in [0.3, 0.4) is 0 Å². The van der Waals surface area contributed by atoms with E-state index in [9.17, 15) is 13.2 Å². The van der Waals surface area contributed by atoms with Crippen LogP contribution in [-0.4, -0.2) is 60.8 Å². The van der Waals surface area contributed by atoms with Gasteiger partial charge in [-0.15, -0.1) is 10.2 Å². The molecule has 1 aliphatic heterocycles. The zero-order valence-corrected chi connectivity index (χ0v) is 14.5. The van der Waals surface area contributed by atoms with E-state index in [1.807, 2.05) is 16.4 Å². The monoisotopic (exact) mass is 382 g/mol. The first-order chi connectivity index (χ1) is 13.0. The highest BCUT2D eigenvalue weighted by atomic mass is 19.4. The summed E-state index contributed by atoms with van der Waals surface area (Å²) >= 11 is 0. The fourth-order valence-electron chi connectivity index (χ4n) is 3.07. The third-order valence-corrected chi connectivity index (χ3v) is 4.46. The van der Waals surface area contributed by atoms with Crippen LogP contribution >= 0.6 is 0 Å². The molecule has 1 aliphatic rings. The van der Waals surface area contributed by atoms with Crippen LogP contribution < -0.4 is 4.90 Å². The quantitative estimate of drug-likeness (QED) is 0.672. The van der Waals surface area contributed by atoms with Crippen molar-refractivity contribution in [1.29, 1.82) is 0 Å². The Bertz CT molecular complexity index is 929. The molecule has 0 atom stereocenters. The number of rotatable bonds is 4. The SMILES string of the molecule is CCn1cnc2c(N3CCN(Cc4nnc(C(F)(F)F)o4)CC3)ncnc21. The van der Waals surface area contributed by atoms with E-state index in [1.54, 1.807) is 6.33 Å². The first kappa shape index (κ1) is 17.6. The van der Waals surface area contributed by atoms with Crippen molar-refractivity contribution in [2.24, 2.45) is 0 Å². The Balaban J connectivity index is 1.42. The average molecular weight is 382 g/mol. The number of piperazine rings is 1. The predicted octanol–water partition coefficient (Wildman–Crippen LogP) is 1.57. The largest absolute Gasteiger partial charge is 0.470 e. The standard InChI is InChI=1S/C15H17F3N8O/c1-2-25-9-21-11-12(25)19-8-20-13(11)26-5-3-24(4-6-26)7-10-22-23-14(27-10)15(16,17)18/h8-9H,2-7H2,1H3. The van der Waals surface area contributed by atoms with Crippen LogP contribution in [-0.2, 0) is 19.3 Å². The van der Waals surface area contributed by atoms with Gasteiger partial charge in [-0.1, -0.05) is 0 Å². The van der Waals surface area contributed by atoms with Crippen LogP contribution in [0.1, 0.15) is 18.7 Å². The molecule has 9 nitrogen and oxygen atoms in total. The molecule has 1 saturated heterocycles. The summed E-state index contributed by atoms with van der Waals surface area (Å²) < 4.78 is 44.3. The summed E-state index contributed by atoms with van der Waals surface area (Å²) in [5.41, 5.74) is 1.54. The van der Waals surface area contributed by atoms with Crippen LogP contribution in [0.25, 0.3) is 11.2 Å². The molecule has 27 heavy (non-hydrogen) atoms. The number of hydrogen-bond donors (Lipinski definition) is 0. The van der Waals surface area contributed by atoms with Gasteiger partial charge in [-0.3, -0.25) is 4.90 Å². The van der Waals surface area contributed by atoms with Crippen LogP contribution in [0.4, 0.5) is 19.0 Å². The molecule has 0 spiro atoms. The molecule has 0 aliphatic carbocycles. The summed E-state index contributed by atoms with van der Waals surface area (Å²) in [5, 5.41) is 6.54. The Labute approximate surface area is 151 Å². The van der Waals surface area contributed by atoms with Crippen LogP contribution in [0.2, 0.25) is 0 Å². The minimum absolute atomic E-state index is 0.0399. The second-order valence-electron chi connectivity index (χ2n) is 6.16. The molecular weight excluding hydrogens is 365 g/mol. The molecule has 4 rings (SSSR count). The van der Waals surface area contributed by atoms with Gasteiger partial charge in [0.15, 0.2) is 17.0 Å². The lowest BCUT2D eigenvalue weighted by atomic mass is 10.3. The summed E-state index contributed by atoms with van der Waals surface area (Å²) in [4.78, 5) is 17.2. The highest BCUT2D eigenvalue weighted by Crippen LogP contribution is 2.28. The highest BCUT2D eigenvalue weighted by molar-refractivity contribution is 5.83. The molecule has 12 heteroatoms. The Morgan fingerprint density at radius 2 is 1.85 bits per heavy atom. The molecule has 144 valence electrons. The molecule has 1 fully saturated rings. The number of alkyl halides is 3. The van der Waals surface area contributed by atoms with Gasteiger partial charge in [-0.05, 0) is 6.92 Å². The minimum atomic E-state index is -4.62. The molecule has 0 aromatic carbocycles. The van der Waals surface area contributed by atoms with Gasteiger partial charge in [0.05, 0.1) is 12.9 Å². The van der Waals surface area contributed by atoms with E-state index in [-0.39, 0.29) is 12.4 Å². The van der Waals surface area contributed by atoms with Crippen molar-refractivity contribution in [3.8, 4) is 0 Å². The third-order valence-electron chi connectivity index (χ3n) is 4.46. The predicted molar refractivity (Wildman–Crippen MR) is 87.8 cm³/mol. The number of fused-ring (bicyclic) bond motifs is 1. The van der Waals surface area contributed by atoms with Gasteiger partial charge in [0.25, 0.3) is 0 Å². The van der Waals surface area contributed by atoms with E-state index in [4.69, 9.17) is 4.42 Å². The number of halogens is 3. The van der Waals surface area contributed by atoms with Crippen molar-refractivity contribution >= 4 is 17.0 Å². The molecule has 3 aromatic rings. The lowest BCUT2D eigenvalue weighted by Gasteiger charge is -2.34. The molecule has 0 N–H and O–H groups in total. The van der Waals surface area contributed by atoms with Gasteiger partial charge in [0, 0.05) is 32.7 Å². The Morgan fingerprint density at radius 1 is 1.07 bits per heavy atom. The number of aromatic nitrogens is 6. The summed E-state index contributed by atoms with van der Waals surface area (Å²) in [6.07, 6.45) is -1.36. The molecule has 0 unspecified atom stereocenters. The maximum Gasteiger partial charge on any atom is 0.470 e. The lowest BCUT2D eigenvalue weighted by molar-refractivity contribution is -0.157. The Kier molecular flexibility index (Phi) is 4.42. The highest BCUT2D eigenvalue weighted by Gasteiger charge is 2.38. The van der Waals surface area contributed by atoms with Crippen LogP contribution in [0, 0.1) is 0 Å². The smallest absolute Gasteiger partial charge is 0.416 e. The molecule has 0 bridgehead atoms. The van der Waals surface area contributed by atoms with Crippen LogP contribution in [0.15, 0.2) is 17.1 Å². The van der Waals surface area contributed by atoms with Gasteiger partial charge in [-0.2, -0.15) is 13.2 Å². The third kappa shape index (κ3) is 3.44. The van der Waals surface area contributed by atoms with Crippen molar-refractivity contribution in [2.45, 2.75) is 26.2 Å². The topological polar surface area (TPSA) is 89.0 Å². The second-order valence-corrected chi connectivity index (χ2v) is 6.16. The van der Waals surface area contributed by atoms with E-state index in [1.165, 1.54) is 6.33 Å².